The predicted molar refractivity (Wildman–Crippen MR) is 114 cm³/mol. The number of carbonyl (C=O) groups is 2. The highest BCUT2D eigenvalue weighted by molar-refractivity contribution is 5.97. The zero-order valence-corrected chi connectivity index (χ0v) is 17.1. The molecule has 0 heterocycles. The molecule has 1 aliphatic rings. The lowest BCUT2D eigenvalue weighted by molar-refractivity contribution is 0.0928. The summed E-state index contributed by atoms with van der Waals surface area (Å²) in [6, 6.07) is 14.9. The lowest BCUT2D eigenvalue weighted by Crippen LogP contribution is -2.34. The molecule has 0 bridgehead atoms. The van der Waals surface area contributed by atoms with Crippen LogP contribution in [0.5, 0.6) is 5.75 Å². The van der Waals surface area contributed by atoms with Gasteiger partial charge < -0.3 is 15.4 Å². The van der Waals surface area contributed by atoms with Gasteiger partial charge in [-0.15, -0.1) is 0 Å². The molecule has 0 aliphatic heterocycles. The summed E-state index contributed by atoms with van der Waals surface area (Å²) in [4.78, 5) is 24.9. The molecule has 2 amide bonds. The van der Waals surface area contributed by atoms with Gasteiger partial charge in [-0.05, 0) is 55.2 Å². The fourth-order valence-corrected chi connectivity index (χ4v) is 3.79. The van der Waals surface area contributed by atoms with Crippen LogP contribution >= 0.6 is 0 Å². The first-order chi connectivity index (χ1) is 14.2. The third kappa shape index (κ3) is 6.08. The van der Waals surface area contributed by atoms with Gasteiger partial charge in [0.25, 0.3) is 11.8 Å². The Balaban J connectivity index is 1.49. The summed E-state index contributed by atoms with van der Waals surface area (Å²) in [6.45, 7) is 0.517. The first kappa shape index (κ1) is 20.9. The van der Waals surface area contributed by atoms with Crippen molar-refractivity contribution in [1.82, 2.24) is 10.6 Å². The van der Waals surface area contributed by atoms with E-state index >= 15 is 0 Å². The number of ether oxygens (including phenoxy) is 1. The van der Waals surface area contributed by atoms with E-state index in [4.69, 9.17) is 4.74 Å². The van der Waals surface area contributed by atoms with E-state index in [1.807, 2.05) is 24.3 Å². The lowest BCUT2D eigenvalue weighted by atomic mass is 10.1. The van der Waals surface area contributed by atoms with Gasteiger partial charge in [0, 0.05) is 23.7 Å². The second-order valence-corrected chi connectivity index (χ2v) is 7.56. The van der Waals surface area contributed by atoms with Crippen LogP contribution in [-0.4, -0.2) is 31.5 Å². The van der Waals surface area contributed by atoms with E-state index in [0.717, 1.165) is 24.2 Å². The highest BCUT2D eigenvalue weighted by Gasteiger charge is 2.16. The van der Waals surface area contributed by atoms with Crippen molar-refractivity contribution < 1.29 is 14.3 Å². The maximum absolute atomic E-state index is 12.5. The van der Waals surface area contributed by atoms with E-state index in [1.165, 1.54) is 25.7 Å². The molecular weight excluding hydrogens is 364 g/mol. The Morgan fingerprint density at radius 3 is 2.17 bits per heavy atom. The lowest BCUT2D eigenvalue weighted by Gasteiger charge is -2.16. The summed E-state index contributed by atoms with van der Waals surface area (Å²) in [5.74, 6) is 0.626. The van der Waals surface area contributed by atoms with Crippen molar-refractivity contribution in [2.24, 2.45) is 0 Å². The van der Waals surface area contributed by atoms with E-state index in [9.17, 15) is 9.59 Å². The third-order valence-electron chi connectivity index (χ3n) is 5.47. The number of benzene rings is 2. The fourth-order valence-electron chi connectivity index (χ4n) is 3.79. The van der Waals surface area contributed by atoms with Crippen LogP contribution in [-0.2, 0) is 6.42 Å². The Labute approximate surface area is 172 Å². The van der Waals surface area contributed by atoms with Gasteiger partial charge in [-0.25, -0.2) is 0 Å². The Kier molecular flexibility index (Phi) is 7.68. The molecular formula is C24H30N2O3. The standard InChI is InChI=1S/C24H30N2O3/c1-29-22-11-7-6-8-18(22)16-17-25-23(27)19-12-14-20(15-13-19)24(28)26-21-9-4-2-3-5-10-21/h6-8,11-15,21H,2-5,9-10,16-17H2,1H3,(H,25,27)(H,26,28). The van der Waals surface area contributed by atoms with Crippen LogP contribution in [0.3, 0.4) is 0 Å². The highest BCUT2D eigenvalue weighted by Crippen LogP contribution is 2.18. The largest absolute Gasteiger partial charge is 0.496 e. The fraction of sp³-hybridized carbons (Fsp3) is 0.417. The Hall–Kier alpha value is -2.82. The van der Waals surface area contributed by atoms with Crippen LogP contribution in [0.2, 0.25) is 0 Å². The van der Waals surface area contributed by atoms with Crippen LogP contribution in [0.25, 0.3) is 0 Å². The Morgan fingerprint density at radius 2 is 1.52 bits per heavy atom. The molecule has 2 aromatic carbocycles. The van der Waals surface area contributed by atoms with Crippen LogP contribution in [0.1, 0.15) is 64.8 Å². The van der Waals surface area contributed by atoms with Crippen molar-refractivity contribution in [3.8, 4) is 5.75 Å². The summed E-state index contributed by atoms with van der Waals surface area (Å²) in [5.41, 5.74) is 2.21. The number of carbonyl (C=O) groups excluding carboxylic acids is 2. The van der Waals surface area contributed by atoms with Gasteiger partial charge in [-0.3, -0.25) is 9.59 Å². The monoisotopic (exact) mass is 394 g/mol. The molecule has 0 spiro atoms. The molecule has 0 saturated heterocycles. The van der Waals surface area contributed by atoms with Crippen molar-refractivity contribution in [2.45, 2.75) is 51.0 Å². The Morgan fingerprint density at radius 1 is 0.897 bits per heavy atom. The summed E-state index contributed by atoms with van der Waals surface area (Å²) in [7, 11) is 1.64. The molecule has 0 aromatic heterocycles. The Bertz CT molecular complexity index is 809. The van der Waals surface area contributed by atoms with Gasteiger partial charge in [0.2, 0.25) is 0 Å². The average Bonchev–Trinajstić information content (AvgIpc) is 3.02. The molecule has 5 heteroatoms. The molecule has 1 saturated carbocycles. The van der Waals surface area contributed by atoms with Crippen molar-refractivity contribution in [1.29, 1.82) is 0 Å². The summed E-state index contributed by atoms with van der Waals surface area (Å²) in [5, 5.41) is 6.06. The van der Waals surface area contributed by atoms with Crippen molar-refractivity contribution in [3.05, 3.63) is 65.2 Å². The number of amides is 2. The maximum Gasteiger partial charge on any atom is 0.251 e. The quantitative estimate of drug-likeness (QED) is 0.694. The number of nitrogens with one attached hydrogen (secondary N) is 2. The van der Waals surface area contributed by atoms with Crippen molar-refractivity contribution in [2.75, 3.05) is 13.7 Å². The number of para-hydroxylation sites is 1. The van der Waals surface area contributed by atoms with Crippen LogP contribution in [0.4, 0.5) is 0 Å². The molecule has 0 unspecified atom stereocenters. The third-order valence-corrected chi connectivity index (χ3v) is 5.47. The smallest absolute Gasteiger partial charge is 0.251 e. The second kappa shape index (κ2) is 10.6. The molecule has 154 valence electrons. The van der Waals surface area contributed by atoms with Crippen LogP contribution in [0, 0.1) is 0 Å². The number of rotatable bonds is 7. The van der Waals surface area contributed by atoms with E-state index in [2.05, 4.69) is 10.6 Å². The maximum atomic E-state index is 12.5. The van der Waals surface area contributed by atoms with Gasteiger partial charge in [-0.2, -0.15) is 0 Å². The van der Waals surface area contributed by atoms with Gasteiger partial charge in [0.15, 0.2) is 0 Å². The highest BCUT2D eigenvalue weighted by atomic mass is 16.5. The van der Waals surface area contributed by atoms with Crippen LogP contribution in [0.15, 0.2) is 48.5 Å². The minimum Gasteiger partial charge on any atom is -0.496 e. The van der Waals surface area contributed by atoms with E-state index < -0.39 is 0 Å². The van der Waals surface area contributed by atoms with Crippen molar-refractivity contribution in [3.63, 3.8) is 0 Å². The topological polar surface area (TPSA) is 67.4 Å². The molecule has 1 aliphatic carbocycles. The predicted octanol–water partition coefficient (Wildman–Crippen LogP) is 4.12. The molecule has 2 N–H and O–H groups in total. The molecule has 0 atom stereocenters. The summed E-state index contributed by atoms with van der Waals surface area (Å²) < 4.78 is 5.33. The number of hydrogen-bond donors (Lipinski definition) is 2. The number of methoxy groups -OCH3 is 1. The molecule has 29 heavy (non-hydrogen) atoms. The minimum absolute atomic E-state index is 0.0555. The second-order valence-electron chi connectivity index (χ2n) is 7.56. The molecule has 0 radical (unpaired) electrons. The molecule has 2 aromatic rings. The van der Waals surface area contributed by atoms with E-state index in [1.54, 1.807) is 31.4 Å². The SMILES string of the molecule is COc1ccccc1CCNC(=O)c1ccc(C(=O)NC2CCCCCC2)cc1. The average molecular weight is 395 g/mol. The molecule has 5 nitrogen and oxygen atoms in total. The normalized spacial score (nSPS) is 14.7. The van der Waals surface area contributed by atoms with Gasteiger partial charge >= 0.3 is 0 Å². The van der Waals surface area contributed by atoms with Gasteiger partial charge in [-0.1, -0.05) is 43.9 Å². The van der Waals surface area contributed by atoms with Gasteiger partial charge in [0.05, 0.1) is 7.11 Å². The zero-order valence-electron chi connectivity index (χ0n) is 17.1. The van der Waals surface area contributed by atoms with Crippen LogP contribution < -0.4 is 15.4 Å². The first-order valence-electron chi connectivity index (χ1n) is 10.5. The van der Waals surface area contributed by atoms with E-state index in [-0.39, 0.29) is 17.9 Å². The number of hydrogen-bond acceptors (Lipinski definition) is 3. The zero-order chi connectivity index (χ0) is 20.5. The summed E-state index contributed by atoms with van der Waals surface area (Å²) in [6.07, 6.45) is 7.67. The first-order valence-corrected chi connectivity index (χ1v) is 10.5. The van der Waals surface area contributed by atoms with Crippen molar-refractivity contribution >= 4 is 11.8 Å². The minimum atomic E-state index is -0.143. The van der Waals surface area contributed by atoms with E-state index in [0.29, 0.717) is 24.1 Å². The summed E-state index contributed by atoms with van der Waals surface area (Å²) >= 11 is 0. The molecule has 3 rings (SSSR count). The van der Waals surface area contributed by atoms with Gasteiger partial charge in [0.1, 0.15) is 5.75 Å². The molecule has 1 fully saturated rings.